The van der Waals surface area contributed by atoms with Gasteiger partial charge in [-0.25, -0.2) is 0 Å². The van der Waals surface area contributed by atoms with Gasteiger partial charge in [-0.2, -0.15) is 0 Å². The summed E-state index contributed by atoms with van der Waals surface area (Å²) in [5.41, 5.74) is 4.12. The van der Waals surface area contributed by atoms with Crippen molar-refractivity contribution in [2.24, 2.45) is 11.8 Å². The smallest absolute Gasteiger partial charge is 0.00930 e. The fourth-order valence-corrected chi connectivity index (χ4v) is 4.47. The van der Waals surface area contributed by atoms with E-state index < -0.39 is 0 Å². The summed E-state index contributed by atoms with van der Waals surface area (Å²) in [7, 11) is 0. The second-order valence-electron chi connectivity index (χ2n) is 7.07. The Bertz CT molecular complexity index is 888. The maximum Gasteiger partial charge on any atom is -0.00930 e. The fourth-order valence-electron chi connectivity index (χ4n) is 4.47. The number of hydrogen-bond donors (Lipinski definition) is 0. The summed E-state index contributed by atoms with van der Waals surface area (Å²) in [6.07, 6.45) is 7.58. The Kier molecular flexibility index (Phi) is 2.91. The third-order valence-electron chi connectivity index (χ3n) is 5.68. The van der Waals surface area contributed by atoms with Crippen LogP contribution in [-0.2, 0) is 0 Å². The molecular formula is C23H20. The van der Waals surface area contributed by atoms with E-state index in [1.54, 1.807) is 0 Å². The van der Waals surface area contributed by atoms with Crippen molar-refractivity contribution in [2.45, 2.75) is 18.8 Å². The van der Waals surface area contributed by atoms with Crippen LogP contribution in [0.2, 0.25) is 0 Å². The van der Waals surface area contributed by atoms with E-state index in [1.165, 1.54) is 40.3 Å². The summed E-state index contributed by atoms with van der Waals surface area (Å²) in [5.74, 6) is 2.35. The number of benzene rings is 3. The molecule has 3 aromatic rings. The van der Waals surface area contributed by atoms with Crippen LogP contribution >= 0.6 is 0 Å². The van der Waals surface area contributed by atoms with Crippen molar-refractivity contribution in [3.8, 4) is 11.1 Å². The molecule has 5 rings (SSSR count). The molecule has 1 saturated carbocycles. The first-order chi connectivity index (χ1) is 11.4. The molecule has 2 bridgehead atoms. The summed E-state index contributed by atoms with van der Waals surface area (Å²) < 4.78 is 0. The Labute approximate surface area is 137 Å². The molecule has 0 N–H and O–H groups in total. The van der Waals surface area contributed by atoms with Crippen LogP contribution in [0.5, 0.6) is 0 Å². The van der Waals surface area contributed by atoms with E-state index in [9.17, 15) is 0 Å². The summed E-state index contributed by atoms with van der Waals surface area (Å²) >= 11 is 0. The predicted molar refractivity (Wildman–Crippen MR) is 97.5 cm³/mol. The Morgan fingerprint density at radius 1 is 0.652 bits per heavy atom. The summed E-state index contributed by atoms with van der Waals surface area (Å²) in [5, 5.41) is 2.71. The fraction of sp³-hybridized carbons (Fsp3) is 0.217. The molecule has 0 heteroatoms. The van der Waals surface area contributed by atoms with Crippen LogP contribution in [0.3, 0.4) is 0 Å². The Morgan fingerprint density at radius 2 is 1.48 bits per heavy atom. The van der Waals surface area contributed by atoms with Crippen molar-refractivity contribution in [3.05, 3.63) is 84.4 Å². The van der Waals surface area contributed by atoms with Crippen molar-refractivity contribution in [1.29, 1.82) is 0 Å². The highest BCUT2D eigenvalue weighted by Gasteiger charge is 2.36. The lowest BCUT2D eigenvalue weighted by atomic mass is 9.86. The predicted octanol–water partition coefficient (Wildman–Crippen LogP) is 6.19. The second-order valence-corrected chi connectivity index (χ2v) is 7.07. The van der Waals surface area contributed by atoms with Crippen molar-refractivity contribution >= 4 is 10.8 Å². The molecule has 0 radical (unpaired) electrons. The number of allylic oxidation sites excluding steroid dienone is 2. The molecule has 3 unspecified atom stereocenters. The van der Waals surface area contributed by atoms with E-state index in [4.69, 9.17) is 0 Å². The highest BCUT2D eigenvalue weighted by Crippen LogP contribution is 2.49. The third kappa shape index (κ3) is 2.21. The lowest BCUT2D eigenvalue weighted by Gasteiger charge is -2.19. The minimum absolute atomic E-state index is 0.739. The van der Waals surface area contributed by atoms with Crippen LogP contribution in [0.4, 0.5) is 0 Å². The van der Waals surface area contributed by atoms with Crippen LogP contribution in [0, 0.1) is 11.8 Å². The third-order valence-corrected chi connectivity index (χ3v) is 5.68. The van der Waals surface area contributed by atoms with E-state index >= 15 is 0 Å². The Balaban J connectivity index is 1.53. The van der Waals surface area contributed by atoms with Gasteiger partial charge in [-0.1, -0.05) is 72.8 Å². The highest BCUT2D eigenvalue weighted by atomic mass is 14.4. The van der Waals surface area contributed by atoms with Gasteiger partial charge in [0.2, 0.25) is 0 Å². The molecule has 1 fully saturated rings. The first-order valence-corrected chi connectivity index (χ1v) is 8.64. The van der Waals surface area contributed by atoms with Crippen molar-refractivity contribution in [3.63, 3.8) is 0 Å². The minimum Gasteiger partial charge on any atom is -0.0851 e. The van der Waals surface area contributed by atoms with E-state index in [1.807, 2.05) is 0 Å². The highest BCUT2D eigenvalue weighted by molar-refractivity contribution is 5.88. The standard InChI is InChI=1S/C23H20/c1-2-4-17(5-3-1)18-8-9-20-15-22(11-10-19(20)14-18)23-13-16-6-7-21(23)12-16/h1-11,14-16,21,23H,12-13H2. The van der Waals surface area contributed by atoms with Crippen LogP contribution < -0.4 is 0 Å². The van der Waals surface area contributed by atoms with Gasteiger partial charge in [0.15, 0.2) is 0 Å². The molecule has 3 atom stereocenters. The molecule has 2 aliphatic rings. The van der Waals surface area contributed by atoms with Crippen molar-refractivity contribution in [1.82, 2.24) is 0 Å². The van der Waals surface area contributed by atoms with Gasteiger partial charge < -0.3 is 0 Å². The molecule has 0 nitrogen and oxygen atoms in total. The molecule has 0 saturated heterocycles. The molecule has 0 amide bonds. The molecule has 112 valence electrons. The first kappa shape index (κ1) is 13.1. The van der Waals surface area contributed by atoms with Gasteiger partial charge in [0.1, 0.15) is 0 Å². The maximum atomic E-state index is 2.45. The van der Waals surface area contributed by atoms with E-state index in [0.717, 1.165) is 17.8 Å². The van der Waals surface area contributed by atoms with Crippen LogP contribution in [0.25, 0.3) is 21.9 Å². The normalized spacial score (nSPS) is 25.3. The lowest BCUT2D eigenvalue weighted by molar-refractivity contribution is 0.586. The topological polar surface area (TPSA) is 0 Å². The largest absolute Gasteiger partial charge is 0.0851 e. The van der Waals surface area contributed by atoms with E-state index in [0.29, 0.717) is 0 Å². The zero-order valence-electron chi connectivity index (χ0n) is 13.2. The van der Waals surface area contributed by atoms with Gasteiger partial charge in [-0.15, -0.1) is 0 Å². The minimum atomic E-state index is 0.739. The zero-order chi connectivity index (χ0) is 15.2. The lowest BCUT2D eigenvalue weighted by Crippen LogP contribution is -2.04. The number of hydrogen-bond acceptors (Lipinski definition) is 0. The number of rotatable bonds is 2. The van der Waals surface area contributed by atoms with Gasteiger partial charge in [-0.05, 0) is 64.1 Å². The van der Waals surface area contributed by atoms with Gasteiger partial charge >= 0.3 is 0 Å². The maximum absolute atomic E-state index is 2.45. The van der Waals surface area contributed by atoms with Gasteiger partial charge in [0.25, 0.3) is 0 Å². The quantitative estimate of drug-likeness (QED) is 0.495. The molecule has 0 heterocycles. The van der Waals surface area contributed by atoms with Crippen LogP contribution in [0.15, 0.2) is 78.9 Å². The average molecular weight is 296 g/mol. The van der Waals surface area contributed by atoms with E-state index in [-0.39, 0.29) is 0 Å². The molecule has 0 aliphatic heterocycles. The van der Waals surface area contributed by atoms with Crippen LogP contribution in [0.1, 0.15) is 24.3 Å². The molecule has 0 aromatic heterocycles. The first-order valence-electron chi connectivity index (χ1n) is 8.64. The SMILES string of the molecule is C1=CC2CC1CC2c1ccc2cc(-c3ccccc3)ccc2c1. The van der Waals surface area contributed by atoms with Crippen LogP contribution in [-0.4, -0.2) is 0 Å². The van der Waals surface area contributed by atoms with Crippen molar-refractivity contribution in [2.75, 3.05) is 0 Å². The summed E-state index contributed by atoms with van der Waals surface area (Å²) in [6, 6.07) is 24.6. The zero-order valence-corrected chi connectivity index (χ0v) is 13.2. The Morgan fingerprint density at radius 3 is 2.26 bits per heavy atom. The second kappa shape index (κ2) is 5.09. The molecule has 23 heavy (non-hydrogen) atoms. The van der Waals surface area contributed by atoms with Gasteiger partial charge in [-0.3, -0.25) is 0 Å². The molecule has 3 aromatic carbocycles. The monoisotopic (exact) mass is 296 g/mol. The van der Waals surface area contributed by atoms with Gasteiger partial charge in [0, 0.05) is 0 Å². The molecule has 0 spiro atoms. The number of fused-ring (bicyclic) bond motifs is 3. The van der Waals surface area contributed by atoms with Gasteiger partial charge in [0.05, 0.1) is 0 Å². The van der Waals surface area contributed by atoms with E-state index in [2.05, 4.69) is 78.9 Å². The Hall–Kier alpha value is -2.34. The van der Waals surface area contributed by atoms with Crippen molar-refractivity contribution < 1.29 is 0 Å². The summed E-state index contributed by atoms with van der Waals surface area (Å²) in [4.78, 5) is 0. The summed E-state index contributed by atoms with van der Waals surface area (Å²) in [6.45, 7) is 0. The average Bonchev–Trinajstić information content (AvgIpc) is 3.25. The molecular weight excluding hydrogens is 276 g/mol. The molecule has 2 aliphatic carbocycles.